The van der Waals surface area contributed by atoms with Gasteiger partial charge in [-0.05, 0) is 24.5 Å². The molecule has 0 aliphatic carbocycles. The van der Waals surface area contributed by atoms with Crippen LogP contribution >= 0.6 is 0 Å². The van der Waals surface area contributed by atoms with E-state index >= 15 is 0 Å². The van der Waals surface area contributed by atoms with Crippen molar-refractivity contribution in [3.63, 3.8) is 0 Å². The topological polar surface area (TPSA) is 80.1 Å². The molecule has 0 radical (unpaired) electrons. The van der Waals surface area contributed by atoms with Gasteiger partial charge in [-0.2, -0.15) is 0 Å². The highest BCUT2D eigenvalue weighted by molar-refractivity contribution is 5.78. The molecule has 1 aliphatic rings. The normalized spacial score (nSPS) is 16.3. The van der Waals surface area contributed by atoms with Crippen molar-refractivity contribution in [1.29, 1.82) is 0 Å². The third kappa shape index (κ3) is 4.72. The van der Waals surface area contributed by atoms with Crippen molar-refractivity contribution in [3.8, 4) is 0 Å². The molecule has 0 bridgehead atoms. The Morgan fingerprint density at radius 3 is 2.85 bits per heavy atom. The number of carbonyl (C=O) groups excluding carboxylic acids is 2. The van der Waals surface area contributed by atoms with Crippen molar-refractivity contribution in [2.75, 3.05) is 6.54 Å². The Bertz CT molecular complexity index is 800. The number of hydrogen-bond donors (Lipinski definition) is 1. The van der Waals surface area contributed by atoms with Crippen molar-refractivity contribution >= 4 is 11.8 Å². The zero-order chi connectivity index (χ0) is 19.4. The minimum Gasteiger partial charge on any atom is -0.352 e. The fourth-order valence-corrected chi connectivity index (χ4v) is 3.37. The predicted octanol–water partition coefficient (Wildman–Crippen LogP) is 2.09. The Labute approximate surface area is 159 Å². The molecule has 3 rings (SSSR count). The maximum atomic E-state index is 12.5. The van der Waals surface area contributed by atoms with Crippen molar-refractivity contribution < 1.29 is 9.59 Å². The van der Waals surface area contributed by atoms with Gasteiger partial charge in [0.1, 0.15) is 5.82 Å². The fourth-order valence-electron chi connectivity index (χ4n) is 3.37. The van der Waals surface area contributed by atoms with Crippen LogP contribution in [0.3, 0.4) is 0 Å². The first-order chi connectivity index (χ1) is 12.9. The molecule has 0 saturated heterocycles. The minimum absolute atomic E-state index is 0.0720. The Balaban J connectivity index is 1.60. The van der Waals surface area contributed by atoms with Gasteiger partial charge in [-0.3, -0.25) is 14.6 Å². The largest absolute Gasteiger partial charge is 0.352 e. The number of nitrogens with one attached hydrogen (secondary N) is 1. The summed E-state index contributed by atoms with van der Waals surface area (Å²) in [6, 6.07) is 3.70. The Morgan fingerprint density at radius 1 is 1.33 bits per heavy atom. The average molecular weight is 369 g/mol. The van der Waals surface area contributed by atoms with Gasteiger partial charge in [-0.1, -0.05) is 19.9 Å². The second-order valence-corrected chi connectivity index (χ2v) is 7.46. The summed E-state index contributed by atoms with van der Waals surface area (Å²) in [6.07, 6.45) is 6.15. The first-order valence-corrected chi connectivity index (χ1v) is 9.45. The van der Waals surface area contributed by atoms with Crippen LogP contribution in [-0.2, 0) is 29.1 Å². The molecule has 0 aromatic carbocycles. The van der Waals surface area contributed by atoms with Gasteiger partial charge in [0.15, 0.2) is 0 Å². The second-order valence-electron chi connectivity index (χ2n) is 7.46. The lowest BCUT2D eigenvalue weighted by Crippen LogP contribution is -2.41. The SMILES string of the molecule is CC(C)CC(=O)N1CCn2cc(CC(=O)NCc3cccnc3)nc2C1C. The van der Waals surface area contributed by atoms with Crippen molar-refractivity contribution in [3.05, 3.63) is 47.8 Å². The van der Waals surface area contributed by atoms with E-state index in [1.165, 1.54) is 0 Å². The van der Waals surface area contributed by atoms with E-state index < -0.39 is 0 Å². The van der Waals surface area contributed by atoms with Crippen LogP contribution in [0.2, 0.25) is 0 Å². The van der Waals surface area contributed by atoms with Crippen LogP contribution in [0.5, 0.6) is 0 Å². The lowest BCUT2D eigenvalue weighted by atomic mass is 10.1. The number of hydrogen-bond acceptors (Lipinski definition) is 4. The number of amides is 2. The molecule has 1 atom stereocenters. The molecule has 0 spiro atoms. The van der Waals surface area contributed by atoms with E-state index in [1.54, 1.807) is 12.4 Å². The Morgan fingerprint density at radius 2 is 2.15 bits per heavy atom. The Hall–Kier alpha value is -2.70. The van der Waals surface area contributed by atoms with Gasteiger partial charge in [0.25, 0.3) is 0 Å². The average Bonchev–Trinajstić information content (AvgIpc) is 3.04. The number of imidazole rings is 1. The summed E-state index contributed by atoms with van der Waals surface area (Å²) >= 11 is 0. The number of nitrogens with zero attached hydrogens (tertiary/aromatic N) is 4. The minimum atomic E-state index is -0.0744. The van der Waals surface area contributed by atoms with Crippen molar-refractivity contribution in [2.45, 2.75) is 52.7 Å². The van der Waals surface area contributed by atoms with Crippen LogP contribution in [0.1, 0.15) is 50.3 Å². The number of pyridine rings is 1. The van der Waals surface area contributed by atoms with Gasteiger partial charge in [0.2, 0.25) is 11.8 Å². The molecule has 0 saturated carbocycles. The summed E-state index contributed by atoms with van der Waals surface area (Å²) in [7, 11) is 0. The maximum Gasteiger partial charge on any atom is 0.226 e. The first-order valence-electron chi connectivity index (χ1n) is 9.45. The summed E-state index contributed by atoms with van der Waals surface area (Å²) < 4.78 is 2.06. The molecule has 7 nitrogen and oxygen atoms in total. The molecule has 1 N–H and O–H groups in total. The van der Waals surface area contributed by atoms with E-state index in [1.807, 2.05) is 30.2 Å². The van der Waals surface area contributed by atoms with Crippen LogP contribution in [0, 0.1) is 5.92 Å². The highest BCUT2D eigenvalue weighted by Gasteiger charge is 2.29. The summed E-state index contributed by atoms with van der Waals surface area (Å²) in [4.78, 5) is 35.3. The molecule has 1 unspecified atom stereocenters. The predicted molar refractivity (Wildman–Crippen MR) is 102 cm³/mol. The highest BCUT2D eigenvalue weighted by atomic mass is 16.2. The maximum absolute atomic E-state index is 12.5. The third-order valence-corrected chi connectivity index (χ3v) is 4.74. The van der Waals surface area contributed by atoms with Gasteiger partial charge >= 0.3 is 0 Å². The van der Waals surface area contributed by atoms with Gasteiger partial charge in [0, 0.05) is 44.6 Å². The van der Waals surface area contributed by atoms with Gasteiger partial charge in [-0.15, -0.1) is 0 Å². The second kappa shape index (κ2) is 8.33. The van der Waals surface area contributed by atoms with Gasteiger partial charge < -0.3 is 14.8 Å². The quantitative estimate of drug-likeness (QED) is 0.845. The molecule has 3 heterocycles. The smallest absolute Gasteiger partial charge is 0.226 e. The fraction of sp³-hybridized carbons (Fsp3) is 0.500. The third-order valence-electron chi connectivity index (χ3n) is 4.74. The van der Waals surface area contributed by atoms with Crippen LogP contribution in [0.4, 0.5) is 0 Å². The first kappa shape index (κ1) is 19.1. The lowest BCUT2D eigenvalue weighted by molar-refractivity contribution is -0.135. The molecule has 144 valence electrons. The number of rotatable bonds is 6. The van der Waals surface area contributed by atoms with E-state index in [4.69, 9.17) is 0 Å². The van der Waals surface area contributed by atoms with E-state index in [2.05, 4.69) is 33.7 Å². The Kier molecular flexibility index (Phi) is 5.88. The zero-order valence-corrected chi connectivity index (χ0v) is 16.2. The zero-order valence-electron chi connectivity index (χ0n) is 16.2. The molecular formula is C20H27N5O2. The summed E-state index contributed by atoms with van der Waals surface area (Å²) in [5.74, 6) is 1.29. The lowest BCUT2D eigenvalue weighted by Gasteiger charge is -2.34. The van der Waals surface area contributed by atoms with Crippen LogP contribution in [0.15, 0.2) is 30.7 Å². The summed E-state index contributed by atoms with van der Waals surface area (Å²) in [6.45, 7) is 7.96. The van der Waals surface area contributed by atoms with E-state index in [0.29, 0.717) is 32.0 Å². The van der Waals surface area contributed by atoms with Crippen LogP contribution < -0.4 is 5.32 Å². The molecule has 7 heteroatoms. The van der Waals surface area contributed by atoms with E-state index in [9.17, 15) is 9.59 Å². The number of aromatic nitrogens is 3. The van der Waals surface area contributed by atoms with Gasteiger partial charge in [0.05, 0.1) is 18.2 Å². The summed E-state index contributed by atoms with van der Waals surface area (Å²) in [5.41, 5.74) is 1.70. The van der Waals surface area contributed by atoms with E-state index in [0.717, 1.165) is 17.1 Å². The molecule has 27 heavy (non-hydrogen) atoms. The summed E-state index contributed by atoms with van der Waals surface area (Å²) in [5, 5.41) is 2.89. The van der Waals surface area contributed by atoms with Crippen LogP contribution in [0.25, 0.3) is 0 Å². The monoisotopic (exact) mass is 369 g/mol. The molecule has 2 amide bonds. The van der Waals surface area contributed by atoms with Crippen molar-refractivity contribution in [2.24, 2.45) is 5.92 Å². The highest BCUT2D eigenvalue weighted by Crippen LogP contribution is 2.26. The number of carbonyl (C=O) groups is 2. The van der Waals surface area contributed by atoms with Crippen molar-refractivity contribution in [1.82, 2.24) is 24.8 Å². The molecule has 1 aliphatic heterocycles. The van der Waals surface area contributed by atoms with E-state index in [-0.39, 0.29) is 24.3 Å². The number of fused-ring (bicyclic) bond motifs is 1. The van der Waals surface area contributed by atoms with Gasteiger partial charge in [-0.25, -0.2) is 4.98 Å². The molecule has 2 aromatic rings. The molecule has 2 aromatic heterocycles. The van der Waals surface area contributed by atoms with Crippen LogP contribution in [-0.4, -0.2) is 37.8 Å². The molecular weight excluding hydrogens is 342 g/mol. The molecule has 0 fully saturated rings. The standard InChI is InChI=1S/C20H27N5O2/c1-14(2)9-19(27)25-8-7-24-13-17(23-20(24)15(25)3)10-18(26)22-12-16-5-4-6-21-11-16/h4-6,11,13-15H,7-10,12H2,1-3H3,(H,22,26).